The molecule has 3 aliphatic rings. The lowest BCUT2D eigenvalue weighted by atomic mass is 9.87. The Hall–Kier alpha value is -3.75. The summed E-state index contributed by atoms with van der Waals surface area (Å²) in [5.74, 6) is -0.761. The fraction of sp³-hybridized carbons (Fsp3) is 0.360. The predicted molar refractivity (Wildman–Crippen MR) is 124 cm³/mol. The number of fused-ring (bicyclic) bond motifs is 1. The summed E-state index contributed by atoms with van der Waals surface area (Å²) in [4.78, 5) is 22.9. The normalized spacial score (nSPS) is 23.3. The molecule has 0 aromatic heterocycles. The average molecular weight is 580 g/mol. The van der Waals surface area contributed by atoms with Crippen LogP contribution in [-0.2, 0) is 21.4 Å². The van der Waals surface area contributed by atoms with Crippen LogP contribution in [0.25, 0.3) is 0 Å². The van der Waals surface area contributed by atoms with Crippen LogP contribution in [0.2, 0.25) is 0 Å². The first-order valence-corrected chi connectivity index (χ1v) is 11.7. The van der Waals surface area contributed by atoms with Crippen LogP contribution >= 0.6 is 0 Å². The molecular formula is C25H21F9N4O2. The Balaban J connectivity index is 1.57. The highest BCUT2D eigenvalue weighted by molar-refractivity contribution is 6.03. The molecule has 0 aliphatic carbocycles. The molecule has 3 heterocycles. The lowest BCUT2D eigenvalue weighted by Crippen LogP contribution is -2.42. The molecule has 40 heavy (non-hydrogen) atoms. The molecule has 1 amide bonds. The van der Waals surface area contributed by atoms with Crippen LogP contribution in [0.1, 0.15) is 29.5 Å². The van der Waals surface area contributed by atoms with Gasteiger partial charge < -0.3 is 10.2 Å². The van der Waals surface area contributed by atoms with Crippen molar-refractivity contribution in [2.24, 2.45) is 4.99 Å². The van der Waals surface area contributed by atoms with E-state index in [2.05, 4.69) is 15.8 Å². The fourth-order valence-electron chi connectivity index (χ4n) is 4.32. The van der Waals surface area contributed by atoms with Gasteiger partial charge in [-0.05, 0) is 48.9 Å². The zero-order chi connectivity index (χ0) is 29.5. The van der Waals surface area contributed by atoms with Crippen molar-refractivity contribution in [1.29, 1.82) is 0 Å². The first-order valence-electron chi connectivity index (χ1n) is 11.7. The molecule has 0 saturated carbocycles. The number of hydroxylamine groups is 1. The highest BCUT2D eigenvalue weighted by Gasteiger charge is 2.61. The minimum absolute atomic E-state index is 0.0319. The predicted octanol–water partition coefficient (Wildman–Crippen LogP) is 5.70. The van der Waals surface area contributed by atoms with E-state index in [0.717, 1.165) is 12.1 Å². The third kappa shape index (κ3) is 6.03. The van der Waals surface area contributed by atoms with Crippen LogP contribution in [-0.4, -0.2) is 42.6 Å². The zero-order valence-electron chi connectivity index (χ0n) is 20.6. The Morgan fingerprint density at radius 1 is 1.10 bits per heavy atom. The Morgan fingerprint density at radius 3 is 2.48 bits per heavy atom. The molecule has 0 spiro atoms. The number of amides is 1. The molecule has 1 unspecified atom stereocenters. The Kier molecular flexibility index (Phi) is 7.56. The van der Waals surface area contributed by atoms with E-state index in [0.29, 0.717) is 11.8 Å². The molecule has 0 radical (unpaired) electrons. The van der Waals surface area contributed by atoms with Gasteiger partial charge in [-0.1, -0.05) is 11.6 Å². The molecule has 15 heteroatoms. The number of hydrogen-bond acceptors (Lipinski definition) is 5. The monoisotopic (exact) mass is 580 g/mol. The van der Waals surface area contributed by atoms with Gasteiger partial charge in [-0.2, -0.15) is 39.5 Å². The number of aliphatic imine (C=N–C) groups is 1. The standard InChI is InChI=1S/C25H21F9N4O2/c1-14-8-15(10-16(9-14)24(29,30)31)22(25(32,33)34)11-17(37-40-22)2-3-18-4-5-19(20-12-35-13-38(18)20)21(39)36-7-6-23(26,27)28/h2-5,8-10,12,37H,6-7,11,13H2,1H3,(H,36,39). The summed E-state index contributed by atoms with van der Waals surface area (Å²) in [6.07, 6.45) is -9.73. The Bertz CT molecular complexity index is 1340. The second-order valence-electron chi connectivity index (χ2n) is 9.21. The van der Waals surface area contributed by atoms with E-state index in [1.807, 2.05) is 0 Å². The topological polar surface area (TPSA) is 66.0 Å². The number of halogens is 9. The van der Waals surface area contributed by atoms with Crippen molar-refractivity contribution in [1.82, 2.24) is 15.7 Å². The lowest BCUT2D eigenvalue weighted by molar-refractivity contribution is -0.282. The lowest BCUT2D eigenvalue weighted by Gasteiger charge is -2.30. The van der Waals surface area contributed by atoms with E-state index in [1.54, 1.807) is 0 Å². The van der Waals surface area contributed by atoms with Crippen LogP contribution in [0.3, 0.4) is 0 Å². The zero-order valence-corrected chi connectivity index (χ0v) is 20.6. The van der Waals surface area contributed by atoms with Crippen molar-refractivity contribution in [2.75, 3.05) is 13.2 Å². The molecular weight excluding hydrogens is 559 g/mol. The van der Waals surface area contributed by atoms with Gasteiger partial charge in [0.05, 0.1) is 23.3 Å². The molecule has 1 fully saturated rings. The van der Waals surface area contributed by atoms with E-state index in [9.17, 15) is 44.3 Å². The summed E-state index contributed by atoms with van der Waals surface area (Å²) in [6.45, 7) is 0.653. The number of alkyl halides is 9. The average Bonchev–Trinajstić information content (AvgIpc) is 3.49. The van der Waals surface area contributed by atoms with Gasteiger partial charge in [0.15, 0.2) is 0 Å². The summed E-state index contributed by atoms with van der Waals surface area (Å²) in [5.41, 5.74) is -2.30. The van der Waals surface area contributed by atoms with Crippen LogP contribution < -0.4 is 10.8 Å². The highest BCUT2D eigenvalue weighted by Crippen LogP contribution is 2.50. The van der Waals surface area contributed by atoms with Crippen molar-refractivity contribution in [2.45, 2.75) is 43.9 Å². The maximum Gasteiger partial charge on any atom is 0.424 e. The largest absolute Gasteiger partial charge is 0.424 e. The third-order valence-electron chi connectivity index (χ3n) is 6.25. The molecule has 1 aromatic rings. The van der Waals surface area contributed by atoms with Crippen LogP contribution in [0.5, 0.6) is 0 Å². The SMILES string of the molecule is Cc1cc(C(F)(F)F)cc(C2(C(F)(F)F)CC(=CC=C3C=CC(C(=O)NCCC(F)(F)F)=C4C=NCN34)NO2)c1. The van der Waals surface area contributed by atoms with Crippen molar-refractivity contribution in [3.05, 3.63) is 81.9 Å². The van der Waals surface area contributed by atoms with E-state index in [1.165, 1.54) is 42.3 Å². The van der Waals surface area contributed by atoms with Gasteiger partial charge in [-0.15, -0.1) is 0 Å². The van der Waals surface area contributed by atoms with Gasteiger partial charge in [0.1, 0.15) is 6.67 Å². The maximum atomic E-state index is 14.2. The molecule has 2 N–H and O–H groups in total. The molecule has 6 nitrogen and oxygen atoms in total. The van der Waals surface area contributed by atoms with E-state index in [4.69, 9.17) is 4.84 Å². The molecule has 0 bridgehead atoms. The van der Waals surface area contributed by atoms with Crippen molar-refractivity contribution >= 4 is 12.1 Å². The number of carbonyl (C=O) groups is 1. The quantitative estimate of drug-likeness (QED) is 0.439. The maximum absolute atomic E-state index is 14.2. The molecule has 216 valence electrons. The van der Waals surface area contributed by atoms with Gasteiger partial charge in [-0.25, -0.2) is 0 Å². The molecule has 4 rings (SSSR count). The molecule has 1 saturated heterocycles. The first-order chi connectivity index (χ1) is 18.5. The number of allylic oxidation sites excluding steroid dienone is 4. The van der Waals surface area contributed by atoms with Gasteiger partial charge in [0, 0.05) is 30.6 Å². The van der Waals surface area contributed by atoms with Gasteiger partial charge in [-0.3, -0.25) is 20.1 Å². The van der Waals surface area contributed by atoms with Crippen LogP contribution in [0.4, 0.5) is 39.5 Å². The molecule has 3 aliphatic heterocycles. The van der Waals surface area contributed by atoms with Crippen molar-refractivity contribution < 1.29 is 49.1 Å². The summed E-state index contributed by atoms with van der Waals surface area (Å²) < 4.78 is 120. The second kappa shape index (κ2) is 10.3. The Labute approximate surface area is 221 Å². The smallest absolute Gasteiger partial charge is 0.352 e. The number of carbonyl (C=O) groups excluding carboxylic acids is 1. The van der Waals surface area contributed by atoms with Crippen LogP contribution in [0.15, 0.2) is 70.2 Å². The fourth-order valence-corrected chi connectivity index (χ4v) is 4.32. The van der Waals surface area contributed by atoms with Gasteiger partial charge >= 0.3 is 18.5 Å². The van der Waals surface area contributed by atoms with Crippen molar-refractivity contribution in [3.8, 4) is 0 Å². The number of hydrogen-bond donors (Lipinski definition) is 2. The van der Waals surface area contributed by atoms with E-state index < -0.39 is 60.6 Å². The third-order valence-corrected chi connectivity index (χ3v) is 6.25. The molecule has 1 aromatic carbocycles. The van der Waals surface area contributed by atoms with Gasteiger partial charge in [0.25, 0.3) is 5.91 Å². The van der Waals surface area contributed by atoms with Crippen LogP contribution in [0, 0.1) is 6.92 Å². The minimum atomic E-state index is -5.09. The molecule has 1 atom stereocenters. The number of aryl methyl sites for hydroxylation is 1. The first kappa shape index (κ1) is 29.2. The number of nitrogens with one attached hydrogen (secondary N) is 2. The van der Waals surface area contributed by atoms with E-state index in [-0.39, 0.29) is 29.2 Å². The Morgan fingerprint density at radius 2 is 1.82 bits per heavy atom. The number of nitrogens with zero attached hydrogens (tertiary/aromatic N) is 2. The summed E-state index contributed by atoms with van der Waals surface area (Å²) >= 11 is 0. The van der Waals surface area contributed by atoms with Gasteiger partial charge in [0.2, 0.25) is 5.60 Å². The summed E-state index contributed by atoms with van der Waals surface area (Å²) in [5, 5.41) is 2.18. The second-order valence-corrected chi connectivity index (χ2v) is 9.21. The van der Waals surface area contributed by atoms with Crippen molar-refractivity contribution in [3.63, 3.8) is 0 Å². The minimum Gasteiger partial charge on any atom is -0.352 e. The number of rotatable bonds is 5. The highest BCUT2D eigenvalue weighted by atomic mass is 19.4. The summed E-state index contributed by atoms with van der Waals surface area (Å²) in [7, 11) is 0. The number of benzene rings is 1. The van der Waals surface area contributed by atoms with E-state index >= 15 is 0 Å². The summed E-state index contributed by atoms with van der Waals surface area (Å²) in [6, 6.07) is 2.13.